The molecule has 0 aromatic heterocycles. The molecule has 1 aliphatic carbocycles. The molecular formula is C17H18F2N2. The van der Waals surface area contributed by atoms with Crippen LogP contribution in [0.15, 0.2) is 42.5 Å². The highest BCUT2D eigenvalue weighted by Crippen LogP contribution is 2.37. The van der Waals surface area contributed by atoms with E-state index in [0.717, 1.165) is 11.6 Å². The van der Waals surface area contributed by atoms with E-state index in [4.69, 9.17) is 5.84 Å². The van der Waals surface area contributed by atoms with E-state index in [1.807, 2.05) is 18.2 Å². The molecule has 2 nitrogen and oxygen atoms in total. The zero-order chi connectivity index (χ0) is 14.8. The molecule has 1 aliphatic rings. The van der Waals surface area contributed by atoms with Crippen LogP contribution in [0.3, 0.4) is 0 Å². The Balaban J connectivity index is 1.97. The highest BCUT2D eigenvalue weighted by molar-refractivity contribution is 5.36. The van der Waals surface area contributed by atoms with Crippen LogP contribution in [0.2, 0.25) is 0 Å². The number of benzene rings is 2. The van der Waals surface area contributed by atoms with Gasteiger partial charge in [0.25, 0.3) is 0 Å². The second kappa shape index (κ2) is 5.92. The summed E-state index contributed by atoms with van der Waals surface area (Å²) in [5.74, 6) is 4.46. The maximum absolute atomic E-state index is 14.0. The van der Waals surface area contributed by atoms with Gasteiger partial charge in [0.2, 0.25) is 0 Å². The molecule has 0 amide bonds. The van der Waals surface area contributed by atoms with Gasteiger partial charge in [-0.25, -0.2) is 14.2 Å². The van der Waals surface area contributed by atoms with Crippen LogP contribution >= 0.6 is 0 Å². The lowest BCUT2D eigenvalue weighted by atomic mass is 9.79. The second-order valence-electron chi connectivity index (χ2n) is 5.54. The van der Waals surface area contributed by atoms with E-state index in [1.54, 1.807) is 6.07 Å². The van der Waals surface area contributed by atoms with Crippen LogP contribution in [-0.2, 0) is 0 Å². The number of halogens is 2. The quantitative estimate of drug-likeness (QED) is 0.663. The molecule has 1 atom stereocenters. The Morgan fingerprint density at radius 2 is 1.86 bits per heavy atom. The van der Waals surface area contributed by atoms with Gasteiger partial charge in [0, 0.05) is 5.56 Å². The van der Waals surface area contributed by atoms with Crippen LogP contribution in [0.4, 0.5) is 8.78 Å². The second-order valence-corrected chi connectivity index (χ2v) is 5.54. The lowest BCUT2D eigenvalue weighted by Gasteiger charge is -2.27. The minimum atomic E-state index is -0.858. The van der Waals surface area contributed by atoms with Crippen LogP contribution in [0.1, 0.15) is 47.9 Å². The largest absolute Gasteiger partial charge is 0.271 e. The molecule has 0 spiro atoms. The van der Waals surface area contributed by atoms with E-state index in [2.05, 4.69) is 11.5 Å². The maximum Gasteiger partial charge on any atom is 0.163 e. The average Bonchev–Trinajstić information content (AvgIpc) is 2.43. The number of nitrogens with two attached hydrogens (primary N) is 1. The van der Waals surface area contributed by atoms with Gasteiger partial charge in [0.15, 0.2) is 11.6 Å². The summed E-state index contributed by atoms with van der Waals surface area (Å²) in [6, 6.07) is 11.6. The number of hydrazine groups is 1. The Hall–Kier alpha value is -1.78. The molecule has 2 aromatic carbocycles. The zero-order valence-corrected chi connectivity index (χ0v) is 11.7. The third kappa shape index (κ3) is 2.69. The van der Waals surface area contributed by atoms with Crippen LogP contribution in [0.25, 0.3) is 0 Å². The first-order chi connectivity index (χ1) is 10.2. The van der Waals surface area contributed by atoms with E-state index >= 15 is 0 Å². The molecule has 0 aliphatic heterocycles. The normalized spacial score (nSPS) is 16.5. The molecule has 0 bridgehead atoms. The fourth-order valence-corrected chi connectivity index (χ4v) is 2.84. The Kier molecular flexibility index (Phi) is 3.99. The van der Waals surface area contributed by atoms with Gasteiger partial charge in [-0.2, -0.15) is 0 Å². The van der Waals surface area contributed by atoms with Crippen molar-refractivity contribution in [1.29, 1.82) is 0 Å². The van der Waals surface area contributed by atoms with Gasteiger partial charge in [-0.05, 0) is 36.0 Å². The lowest BCUT2D eigenvalue weighted by Crippen LogP contribution is -2.30. The Bertz CT molecular complexity index is 638. The Morgan fingerprint density at radius 3 is 2.52 bits per heavy atom. The molecule has 1 saturated carbocycles. The van der Waals surface area contributed by atoms with Gasteiger partial charge in [0.1, 0.15) is 0 Å². The van der Waals surface area contributed by atoms with E-state index in [-0.39, 0.29) is 5.56 Å². The standard InChI is InChI=1S/C17H18F2N2/c18-15-9-3-8-14(16(15)19)17(21-20)13-7-2-6-12(10-13)11-4-1-5-11/h2-3,6-11,17,21H,1,4-5,20H2. The van der Waals surface area contributed by atoms with Crippen molar-refractivity contribution in [2.45, 2.75) is 31.2 Å². The van der Waals surface area contributed by atoms with E-state index < -0.39 is 17.7 Å². The van der Waals surface area contributed by atoms with Crippen LogP contribution < -0.4 is 11.3 Å². The SMILES string of the molecule is NNC(c1cccc(C2CCC2)c1)c1cccc(F)c1F. The summed E-state index contributed by atoms with van der Waals surface area (Å²) in [4.78, 5) is 0. The van der Waals surface area contributed by atoms with Crippen molar-refractivity contribution in [2.75, 3.05) is 0 Å². The van der Waals surface area contributed by atoms with E-state index in [0.29, 0.717) is 5.92 Å². The topological polar surface area (TPSA) is 38.0 Å². The first-order valence-electron chi connectivity index (χ1n) is 7.20. The van der Waals surface area contributed by atoms with Crippen molar-refractivity contribution >= 4 is 0 Å². The minimum Gasteiger partial charge on any atom is -0.271 e. The summed E-state index contributed by atoms with van der Waals surface area (Å²) in [7, 11) is 0. The molecule has 3 N–H and O–H groups in total. The van der Waals surface area contributed by atoms with Crippen molar-refractivity contribution in [3.05, 3.63) is 70.8 Å². The van der Waals surface area contributed by atoms with Crippen LogP contribution in [0, 0.1) is 11.6 Å². The van der Waals surface area contributed by atoms with Gasteiger partial charge in [-0.3, -0.25) is 5.84 Å². The van der Waals surface area contributed by atoms with Crippen LogP contribution in [-0.4, -0.2) is 0 Å². The summed E-state index contributed by atoms with van der Waals surface area (Å²) in [6.45, 7) is 0. The fourth-order valence-electron chi connectivity index (χ4n) is 2.84. The molecule has 0 heterocycles. The maximum atomic E-state index is 14.0. The van der Waals surface area contributed by atoms with Crippen molar-refractivity contribution in [3.63, 3.8) is 0 Å². The van der Waals surface area contributed by atoms with Gasteiger partial charge in [-0.15, -0.1) is 0 Å². The summed E-state index contributed by atoms with van der Waals surface area (Å²) >= 11 is 0. The average molecular weight is 288 g/mol. The third-order valence-corrected chi connectivity index (χ3v) is 4.28. The van der Waals surface area contributed by atoms with E-state index in [9.17, 15) is 8.78 Å². The summed E-state index contributed by atoms with van der Waals surface area (Å²) in [5, 5.41) is 0. The first kappa shape index (κ1) is 14.2. The van der Waals surface area contributed by atoms with Crippen molar-refractivity contribution in [3.8, 4) is 0 Å². The van der Waals surface area contributed by atoms with Crippen molar-refractivity contribution < 1.29 is 8.78 Å². The van der Waals surface area contributed by atoms with Gasteiger partial charge in [0.05, 0.1) is 6.04 Å². The summed E-state index contributed by atoms with van der Waals surface area (Å²) in [6.07, 6.45) is 3.64. The predicted molar refractivity (Wildman–Crippen MR) is 78.6 cm³/mol. The van der Waals surface area contributed by atoms with E-state index in [1.165, 1.54) is 30.9 Å². The number of hydrogen-bond acceptors (Lipinski definition) is 2. The molecule has 0 saturated heterocycles. The summed E-state index contributed by atoms with van der Waals surface area (Å²) in [5.41, 5.74) is 4.92. The number of nitrogens with one attached hydrogen (secondary N) is 1. The molecule has 110 valence electrons. The molecule has 2 aromatic rings. The molecule has 1 fully saturated rings. The Labute approximate surface area is 122 Å². The molecule has 3 rings (SSSR count). The molecule has 0 radical (unpaired) electrons. The van der Waals surface area contributed by atoms with Crippen molar-refractivity contribution in [2.24, 2.45) is 5.84 Å². The smallest absolute Gasteiger partial charge is 0.163 e. The highest BCUT2D eigenvalue weighted by atomic mass is 19.2. The number of rotatable bonds is 4. The molecular weight excluding hydrogens is 270 g/mol. The number of hydrogen-bond donors (Lipinski definition) is 2. The molecule has 21 heavy (non-hydrogen) atoms. The third-order valence-electron chi connectivity index (χ3n) is 4.28. The minimum absolute atomic E-state index is 0.225. The van der Waals surface area contributed by atoms with Crippen LogP contribution in [0.5, 0.6) is 0 Å². The Morgan fingerprint density at radius 1 is 1.10 bits per heavy atom. The predicted octanol–water partition coefficient (Wildman–Crippen LogP) is 3.79. The molecule has 1 unspecified atom stereocenters. The zero-order valence-electron chi connectivity index (χ0n) is 11.7. The monoisotopic (exact) mass is 288 g/mol. The first-order valence-corrected chi connectivity index (χ1v) is 7.20. The van der Waals surface area contributed by atoms with Crippen molar-refractivity contribution in [1.82, 2.24) is 5.43 Å². The molecule has 4 heteroatoms. The van der Waals surface area contributed by atoms with Gasteiger partial charge in [-0.1, -0.05) is 42.8 Å². The fraction of sp³-hybridized carbons (Fsp3) is 0.294. The van der Waals surface area contributed by atoms with Gasteiger partial charge < -0.3 is 0 Å². The highest BCUT2D eigenvalue weighted by Gasteiger charge is 2.22. The lowest BCUT2D eigenvalue weighted by molar-refractivity contribution is 0.419. The van der Waals surface area contributed by atoms with Gasteiger partial charge >= 0.3 is 0 Å². The summed E-state index contributed by atoms with van der Waals surface area (Å²) < 4.78 is 27.4.